The molecular formula is C16H20F3NO5. The minimum absolute atomic E-state index is 0.0238. The predicted octanol–water partition coefficient (Wildman–Crippen LogP) is 3.50. The van der Waals surface area contributed by atoms with Gasteiger partial charge in [0.15, 0.2) is 0 Å². The molecule has 1 aromatic rings. The van der Waals surface area contributed by atoms with Crippen LogP contribution in [0, 0.1) is 0 Å². The second-order valence-electron chi connectivity index (χ2n) is 6.27. The van der Waals surface area contributed by atoms with Crippen molar-refractivity contribution in [3.8, 4) is 5.75 Å². The molecule has 25 heavy (non-hydrogen) atoms. The molecule has 0 aromatic heterocycles. The molecule has 1 rings (SSSR count). The van der Waals surface area contributed by atoms with Crippen molar-refractivity contribution in [2.45, 2.75) is 51.6 Å². The van der Waals surface area contributed by atoms with Crippen LogP contribution in [-0.2, 0) is 16.0 Å². The van der Waals surface area contributed by atoms with Crippen LogP contribution in [-0.4, -0.2) is 35.2 Å². The summed E-state index contributed by atoms with van der Waals surface area (Å²) in [5.41, 5.74) is -0.338. The lowest BCUT2D eigenvalue weighted by Gasteiger charge is -2.22. The van der Waals surface area contributed by atoms with E-state index < -0.39 is 35.8 Å². The summed E-state index contributed by atoms with van der Waals surface area (Å²) < 4.78 is 45.4. The smallest absolute Gasteiger partial charge is 0.480 e. The molecule has 0 bridgehead atoms. The Morgan fingerprint density at radius 1 is 1.24 bits per heavy atom. The van der Waals surface area contributed by atoms with E-state index in [2.05, 4.69) is 10.1 Å². The Balaban J connectivity index is 2.67. The number of nitrogens with one attached hydrogen (secondary N) is 1. The number of carboxylic acids is 1. The molecule has 2 N–H and O–H groups in total. The van der Waals surface area contributed by atoms with Gasteiger partial charge in [-0.2, -0.15) is 0 Å². The van der Waals surface area contributed by atoms with Crippen LogP contribution in [0.3, 0.4) is 0 Å². The number of hydrogen-bond donors (Lipinski definition) is 2. The Morgan fingerprint density at radius 3 is 2.40 bits per heavy atom. The fourth-order valence-electron chi connectivity index (χ4n) is 1.92. The highest BCUT2D eigenvalue weighted by Crippen LogP contribution is 2.23. The normalized spacial score (nSPS) is 13.0. The van der Waals surface area contributed by atoms with Crippen LogP contribution in [0.4, 0.5) is 18.0 Å². The van der Waals surface area contributed by atoms with Gasteiger partial charge in [-0.05, 0) is 51.3 Å². The van der Waals surface area contributed by atoms with Crippen LogP contribution < -0.4 is 10.1 Å². The van der Waals surface area contributed by atoms with Gasteiger partial charge in [0.1, 0.15) is 17.4 Å². The van der Waals surface area contributed by atoms with Gasteiger partial charge >= 0.3 is 18.4 Å². The molecule has 6 nitrogen and oxygen atoms in total. The Bertz CT molecular complexity index is 611. The maximum absolute atomic E-state index is 12.2. The van der Waals surface area contributed by atoms with Gasteiger partial charge in [-0.25, -0.2) is 9.59 Å². The van der Waals surface area contributed by atoms with Crippen LogP contribution in [0.15, 0.2) is 24.3 Å². The lowest BCUT2D eigenvalue weighted by molar-refractivity contribution is -0.274. The minimum Gasteiger partial charge on any atom is -0.480 e. The first-order valence-corrected chi connectivity index (χ1v) is 7.43. The second-order valence-corrected chi connectivity index (χ2v) is 6.27. The SMILES string of the molecule is CC(C)(C)OC(=O)NC(CCc1cccc(OC(F)(F)F)c1)C(=O)O. The van der Waals surface area contributed by atoms with Crippen molar-refractivity contribution in [1.82, 2.24) is 5.32 Å². The maximum Gasteiger partial charge on any atom is 0.573 e. The molecule has 1 atom stereocenters. The molecule has 1 amide bonds. The lowest BCUT2D eigenvalue weighted by atomic mass is 10.1. The molecule has 0 radical (unpaired) electrons. The number of ether oxygens (including phenoxy) is 2. The summed E-state index contributed by atoms with van der Waals surface area (Å²) in [6.45, 7) is 4.90. The Kier molecular flexibility index (Phi) is 6.66. The third-order valence-electron chi connectivity index (χ3n) is 2.84. The summed E-state index contributed by atoms with van der Waals surface area (Å²) in [6.07, 6.45) is -5.58. The van der Waals surface area contributed by atoms with Crippen LogP contribution in [0.5, 0.6) is 5.75 Å². The van der Waals surface area contributed by atoms with Crippen molar-refractivity contribution in [3.05, 3.63) is 29.8 Å². The van der Waals surface area contributed by atoms with Crippen molar-refractivity contribution < 1.29 is 37.3 Å². The molecule has 1 aromatic carbocycles. The largest absolute Gasteiger partial charge is 0.573 e. The van der Waals surface area contributed by atoms with Crippen LogP contribution in [0.25, 0.3) is 0 Å². The number of amides is 1. The second kappa shape index (κ2) is 8.09. The molecule has 9 heteroatoms. The first kappa shape index (κ1) is 20.6. The number of benzene rings is 1. The molecule has 1 unspecified atom stereocenters. The minimum atomic E-state index is -4.81. The average Bonchev–Trinajstić information content (AvgIpc) is 2.39. The molecule has 0 heterocycles. The summed E-state index contributed by atoms with van der Waals surface area (Å²) in [4.78, 5) is 22.9. The Labute approximate surface area is 142 Å². The number of carboxylic acid groups (broad SMARTS) is 1. The molecule has 0 spiro atoms. The summed E-state index contributed by atoms with van der Waals surface area (Å²) in [5, 5.41) is 11.4. The van der Waals surface area contributed by atoms with E-state index in [1.54, 1.807) is 20.8 Å². The van der Waals surface area contributed by atoms with Gasteiger partial charge in [0.05, 0.1) is 0 Å². The number of hydrogen-bond acceptors (Lipinski definition) is 4. The van der Waals surface area contributed by atoms with E-state index in [1.165, 1.54) is 18.2 Å². The third kappa shape index (κ3) is 8.83. The summed E-state index contributed by atoms with van der Waals surface area (Å²) in [7, 11) is 0. The molecule has 0 aliphatic carbocycles. The van der Waals surface area contributed by atoms with Crippen molar-refractivity contribution in [3.63, 3.8) is 0 Å². The number of carbonyl (C=O) groups excluding carboxylic acids is 1. The maximum atomic E-state index is 12.2. The highest BCUT2D eigenvalue weighted by atomic mass is 19.4. The number of aryl methyl sites for hydroxylation is 1. The summed E-state index contributed by atoms with van der Waals surface area (Å²) >= 11 is 0. The van der Waals surface area contributed by atoms with Crippen molar-refractivity contribution in [2.75, 3.05) is 0 Å². The first-order valence-electron chi connectivity index (χ1n) is 7.43. The molecule has 0 fully saturated rings. The topological polar surface area (TPSA) is 84.9 Å². The van der Waals surface area contributed by atoms with Crippen LogP contribution in [0.2, 0.25) is 0 Å². The Morgan fingerprint density at radius 2 is 1.88 bits per heavy atom. The number of alkyl carbamates (subject to hydrolysis) is 1. The van der Waals surface area contributed by atoms with Gasteiger partial charge in [0.25, 0.3) is 0 Å². The van der Waals surface area contributed by atoms with E-state index in [9.17, 15) is 22.8 Å². The van der Waals surface area contributed by atoms with E-state index in [4.69, 9.17) is 9.84 Å². The molecule has 0 saturated carbocycles. The highest BCUT2D eigenvalue weighted by Gasteiger charge is 2.31. The zero-order valence-corrected chi connectivity index (χ0v) is 14.0. The fraction of sp³-hybridized carbons (Fsp3) is 0.500. The standard InChI is InChI=1S/C16H20F3NO5/c1-15(2,3)25-14(23)20-12(13(21)22)8-7-10-5-4-6-11(9-10)24-16(17,18)19/h4-6,9,12H,7-8H2,1-3H3,(H,20,23)(H,21,22). The van der Waals surface area contributed by atoms with Gasteiger partial charge < -0.3 is 19.9 Å². The molecular weight excluding hydrogens is 343 g/mol. The Hall–Kier alpha value is -2.45. The van der Waals surface area contributed by atoms with E-state index in [0.29, 0.717) is 5.56 Å². The number of alkyl halides is 3. The van der Waals surface area contributed by atoms with Gasteiger partial charge in [-0.3, -0.25) is 0 Å². The van der Waals surface area contributed by atoms with Gasteiger partial charge in [0, 0.05) is 0 Å². The van der Waals surface area contributed by atoms with Crippen molar-refractivity contribution in [2.24, 2.45) is 0 Å². The molecule has 0 aliphatic rings. The van der Waals surface area contributed by atoms with Crippen LogP contribution in [0.1, 0.15) is 32.8 Å². The average molecular weight is 363 g/mol. The number of carbonyl (C=O) groups is 2. The van der Waals surface area contributed by atoms with Crippen LogP contribution >= 0.6 is 0 Å². The van der Waals surface area contributed by atoms with E-state index >= 15 is 0 Å². The summed E-state index contributed by atoms with van der Waals surface area (Å²) in [6, 6.07) is 3.98. The van der Waals surface area contributed by atoms with Gasteiger partial charge in [0.2, 0.25) is 0 Å². The van der Waals surface area contributed by atoms with E-state index in [-0.39, 0.29) is 12.8 Å². The summed E-state index contributed by atoms with van der Waals surface area (Å²) in [5.74, 6) is -1.66. The quantitative estimate of drug-likeness (QED) is 0.808. The zero-order chi connectivity index (χ0) is 19.3. The monoisotopic (exact) mass is 363 g/mol. The van der Waals surface area contributed by atoms with Gasteiger partial charge in [-0.1, -0.05) is 12.1 Å². The van der Waals surface area contributed by atoms with E-state index in [0.717, 1.165) is 6.07 Å². The molecule has 0 aliphatic heterocycles. The highest BCUT2D eigenvalue weighted by molar-refractivity contribution is 5.80. The molecule has 140 valence electrons. The number of rotatable bonds is 6. The van der Waals surface area contributed by atoms with Gasteiger partial charge in [-0.15, -0.1) is 13.2 Å². The lowest BCUT2D eigenvalue weighted by Crippen LogP contribution is -2.43. The zero-order valence-electron chi connectivity index (χ0n) is 14.0. The predicted molar refractivity (Wildman–Crippen MR) is 82.2 cm³/mol. The van der Waals surface area contributed by atoms with E-state index in [1.807, 2.05) is 0 Å². The number of aliphatic carboxylic acids is 1. The van der Waals surface area contributed by atoms with Crippen molar-refractivity contribution in [1.29, 1.82) is 0 Å². The third-order valence-corrected chi connectivity index (χ3v) is 2.84. The fourth-order valence-corrected chi connectivity index (χ4v) is 1.92. The molecule has 0 saturated heterocycles. The number of halogens is 3. The first-order chi connectivity index (χ1) is 11.4. The van der Waals surface area contributed by atoms with Crippen molar-refractivity contribution >= 4 is 12.1 Å².